The lowest BCUT2D eigenvalue weighted by molar-refractivity contribution is -0.0521. The number of fused-ring (bicyclic) bond motifs is 1. The minimum absolute atomic E-state index is 0.0190. The molecule has 1 saturated carbocycles. The standard InChI is InChI=1S/C20H15F4N7O/c21-10-3-5-13-14(7-10)31(16(27-13)9-1-2-9)20-29-18(25)28-19(30-20)26-11-4-6-15(12(22)8-11)32-17(23)24/h3-9,17H,1-2H2,(H3,25,26,28,29,30). The van der Waals surface area contributed by atoms with Crippen molar-refractivity contribution in [2.24, 2.45) is 0 Å². The summed E-state index contributed by atoms with van der Waals surface area (Å²) < 4.78 is 58.3. The van der Waals surface area contributed by atoms with E-state index in [0.29, 0.717) is 16.9 Å². The lowest BCUT2D eigenvalue weighted by Crippen LogP contribution is -2.11. The fourth-order valence-electron chi connectivity index (χ4n) is 3.33. The molecule has 2 aromatic carbocycles. The van der Waals surface area contributed by atoms with Crippen molar-refractivity contribution in [3.63, 3.8) is 0 Å². The molecule has 5 rings (SSSR count). The topological polar surface area (TPSA) is 104 Å². The van der Waals surface area contributed by atoms with Gasteiger partial charge in [0.1, 0.15) is 11.6 Å². The number of nitrogens with one attached hydrogen (secondary N) is 1. The number of halogens is 4. The van der Waals surface area contributed by atoms with Crippen LogP contribution in [-0.4, -0.2) is 31.1 Å². The number of aromatic nitrogens is 5. The largest absolute Gasteiger partial charge is 0.432 e. The molecule has 2 aromatic heterocycles. The molecule has 0 atom stereocenters. The second-order valence-electron chi connectivity index (χ2n) is 7.18. The summed E-state index contributed by atoms with van der Waals surface area (Å²) in [5.41, 5.74) is 7.08. The molecule has 8 nitrogen and oxygen atoms in total. The summed E-state index contributed by atoms with van der Waals surface area (Å²) in [6.07, 6.45) is 1.87. The molecule has 0 unspecified atom stereocenters. The van der Waals surface area contributed by atoms with Crippen molar-refractivity contribution in [3.8, 4) is 11.7 Å². The van der Waals surface area contributed by atoms with Crippen LogP contribution in [-0.2, 0) is 0 Å². The first-order valence-electron chi connectivity index (χ1n) is 9.58. The van der Waals surface area contributed by atoms with Gasteiger partial charge < -0.3 is 15.8 Å². The third kappa shape index (κ3) is 3.86. The molecule has 0 saturated heterocycles. The molecule has 0 spiro atoms. The predicted octanol–water partition coefficient (Wildman–Crippen LogP) is 4.29. The van der Waals surface area contributed by atoms with Crippen LogP contribution in [0.1, 0.15) is 24.6 Å². The van der Waals surface area contributed by atoms with E-state index in [1.807, 2.05) is 0 Å². The van der Waals surface area contributed by atoms with Gasteiger partial charge in [-0.05, 0) is 37.1 Å². The molecule has 12 heteroatoms. The molecule has 0 bridgehead atoms. The number of alkyl halides is 2. The highest BCUT2D eigenvalue weighted by Gasteiger charge is 2.31. The number of anilines is 3. The Morgan fingerprint density at radius 1 is 1.03 bits per heavy atom. The first kappa shape index (κ1) is 20.0. The molecule has 1 aliphatic carbocycles. The predicted molar refractivity (Wildman–Crippen MR) is 107 cm³/mol. The van der Waals surface area contributed by atoms with Crippen LogP contribution in [0.5, 0.6) is 5.75 Å². The van der Waals surface area contributed by atoms with Crippen LogP contribution < -0.4 is 15.8 Å². The molecular weight excluding hydrogens is 430 g/mol. The van der Waals surface area contributed by atoms with Crippen molar-refractivity contribution >= 4 is 28.6 Å². The number of nitrogen functional groups attached to an aromatic ring is 1. The molecule has 1 aliphatic rings. The van der Waals surface area contributed by atoms with E-state index in [4.69, 9.17) is 5.73 Å². The molecule has 1 fully saturated rings. The maximum absolute atomic E-state index is 14.0. The second-order valence-corrected chi connectivity index (χ2v) is 7.18. The van der Waals surface area contributed by atoms with E-state index in [-0.39, 0.29) is 29.5 Å². The summed E-state index contributed by atoms with van der Waals surface area (Å²) in [5, 5.41) is 2.76. The Kier molecular flexibility index (Phi) is 4.76. The van der Waals surface area contributed by atoms with Gasteiger partial charge in [-0.3, -0.25) is 4.57 Å². The third-order valence-corrected chi connectivity index (χ3v) is 4.83. The van der Waals surface area contributed by atoms with Crippen LogP contribution in [0, 0.1) is 11.6 Å². The molecule has 2 heterocycles. The van der Waals surface area contributed by atoms with Crippen molar-refractivity contribution in [3.05, 3.63) is 53.9 Å². The van der Waals surface area contributed by atoms with E-state index >= 15 is 0 Å². The summed E-state index contributed by atoms with van der Waals surface area (Å²) >= 11 is 0. The third-order valence-electron chi connectivity index (χ3n) is 4.83. The number of benzene rings is 2. The Bertz CT molecular complexity index is 1320. The van der Waals surface area contributed by atoms with Crippen molar-refractivity contribution < 1.29 is 22.3 Å². The molecule has 3 N–H and O–H groups in total. The van der Waals surface area contributed by atoms with Crippen LogP contribution in [0.25, 0.3) is 17.0 Å². The van der Waals surface area contributed by atoms with Gasteiger partial charge in [-0.15, -0.1) is 0 Å². The molecule has 164 valence electrons. The fourth-order valence-corrected chi connectivity index (χ4v) is 3.33. The highest BCUT2D eigenvalue weighted by Crippen LogP contribution is 2.41. The van der Waals surface area contributed by atoms with E-state index in [2.05, 4.69) is 30.0 Å². The van der Waals surface area contributed by atoms with Gasteiger partial charge >= 0.3 is 6.61 Å². The minimum atomic E-state index is -3.15. The maximum atomic E-state index is 14.0. The summed E-state index contributed by atoms with van der Waals surface area (Å²) in [6, 6.07) is 7.54. The minimum Gasteiger partial charge on any atom is -0.432 e. The van der Waals surface area contributed by atoms with Gasteiger partial charge in [0, 0.05) is 23.7 Å². The van der Waals surface area contributed by atoms with E-state index in [0.717, 1.165) is 25.0 Å². The molecular formula is C20H15F4N7O. The molecule has 0 radical (unpaired) electrons. The number of hydrogen-bond donors (Lipinski definition) is 2. The van der Waals surface area contributed by atoms with Crippen molar-refractivity contribution in [2.45, 2.75) is 25.4 Å². The Labute approximate surface area is 178 Å². The second kappa shape index (κ2) is 7.62. The Morgan fingerprint density at radius 3 is 2.56 bits per heavy atom. The quantitative estimate of drug-likeness (QED) is 0.427. The van der Waals surface area contributed by atoms with Crippen molar-refractivity contribution in [1.29, 1.82) is 0 Å². The number of ether oxygens (including phenoxy) is 1. The van der Waals surface area contributed by atoms with Crippen LogP contribution in [0.15, 0.2) is 36.4 Å². The zero-order valence-electron chi connectivity index (χ0n) is 16.3. The van der Waals surface area contributed by atoms with Gasteiger partial charge in [-0.1, -0.05) is 0 Å². The van der Waals surface area contributed by atoms with Crippen LogP contribution in [0.4, 0.5) is 35.1 Å². The van der Waals surface area contributed by atoms with Crippen LogP contribution in [0.2, 0.25) is 0 Å². The zero-order chi connectivity index (χ0) is 22.4. The number of rotatable bonds is 6. The van der Waals surface area contributed by atoms with Gasteiger partial charge in [0.15, 0.2) is 11.6 Å². The number of nitrogens with two attached hydrogens (primary N) is 1. The molecule has 32 heavy (non-hydrogen) atoms. The number of nitrogens with zero attached hydrogens (tertiary/aromatic N) is 5. The highest BCUT2D eigenvalue weighted by atomic mass is 19.3. The summed E-state index contributed by atoms with van der Waals surface area (Å²) in [6.45, 7) is -3.15. The van der Waals surface area contributed by atoms with Gasteiger partial charge in [0.2, 0.25) is 17.8 Å². The molecule has 0 aliphatic heterocycles. The normalized spacial score (nSPS) is 13.7. The monoisotopic (exact) mass is 445 g/mol. The summed E-state index contributed by atoms with van der Waals surface area (Å²) in [5.74, 6) is -1.19. The zero-order valence-corrected chi connectivity index (χ0v) is 16.3. The summed E-state index contributed by atoms with van der Waals surface area (Å²) in [4.78, 5) is 17.1. The molecule has 0 amide bonds. The lowest BCUT2D eigenvalue weighted by Gasteiger charge is -2.11. The van der Waals surface area contributed by atoms with Crippen LogP contribution in [0.3, 0.4) is 0 Å². The SMILES string of the molecule is Nc1nc(Nc2ccc(OC(F)F)c(F)c2)nc(-n2c(C3CC3)nc3ccc(F)cc32)n1. The molecule has 4 aromatic rings. The lowest BCUT2D eigenvalue weighted by atomic mass is 10.3. The van der Waals surface area contributed by atoms with Gasteiger partial charge in [0.25, 0.3) is 0 Å². The first-order chi connectivity index (χ1) is 15.4. The summed E-state index contributed by atoms with van der Waals surface area (Å²) in [7, 11) is 0. The maximum Gasteiger partial charge on any atom is 0.387 e. The Balaban J connectivity index is 1.54. The van der Waals surface area contributed by atoms with Gasteiger partial charge in [0.05, 0.1) is 11.0 Å². The number of hydrogen-bond acceptors (Lipinski definition) is 7. The van der Waals surface area contributed by atoms with Gasteiger partial charge in [-0.2, -0.15) is 23.7 Å². The van der Waals surface area contributed by atoms with E-state index in [1.165, 1.54) is 18.2 Å². The Hall–Kier alpha value is -3.96. The average Bonchev–Trinajstić information content (AvgIpc) is 3.50. The fraction of sp³-hybridized carbons (Fsp3) is 0.200. The van der Waals surface area contributed by atoms with E-state index in [9.17, 15) is 17.6 Å². The van der Waals surface area contributed by atoms with E-state index < -0.39 is 24.0 Å². The van der Waals surface area contributed by atoms with Crippen LogP contribution >= 0.6 is 0 Å². The van der Waals surface area contributed by atoms with E-state index in [1.54, 1.807) is 10.6 Å². The smallest absolute Gasteiger partial charge is 0.387 e. The average molecular weight is 445 g/mol. The number of imidazole rings is 1. The van der Waals surface area contributed by atoms with Gasteiger partial charge in [-0.25, -0.2) is 13.8 Å². The first-order valence-corrected chi connectivity index (χ1v) is 9.58. The highest BCUT2D eigenvalue weighted by molar-refractivity contribution is 5.78. The van der Waals surface area contributed by atoms with Crippen molar-refractivity contribution in [1.82, 2.24) is 24.5 Å². The van der Waals surface area contributed by atoms with Crippen molar-refractivity contribution in [2.75, 3.05) is 11.1 Å². The Morgan fingerprint density at radius 2 is 1.84 bits per heavy atom.